The van der Waals surface area contributed by atoms with Gasteiger partial charge in [-0.3, -0.25) is 9.59 Å². The maximum Gasteiger partial charge on any atom is 0.340 e. The number of carbonyl (C=O) groups excluding carboxylic acids is 2. The average Bonchev–Trinajstić information content (AvgIpc) is 2.31. The first-order valence-corrected chi connectivity index (χ1v) is 4.82. The summed E-state index contributed by atoms with van der Waals surface area (Å²) < 4.78 is 67.6. The lowest BCUT2D eigenvalue weighted by Gasteiger charge is -2.14. The monoisotopic (exact) mass is 278 g/mol. The van der Waals surface area contributed by atoms with Crippen molar-refractivity contribution in [2.24, 2.45) is 0 Å². The van der Waals surface area contributed by atoms with E-state index in [9.17, 15) is 31.5 Å². The van der Waals surface area contributed by atoms with Crippen LogP contribution in [0.5, 0.6) is 0 Å². The van der Waals surface area contributed by atoms with E-state index in [4.69, 9.17) is 0 Å². The zero-order chi connectivity index (χ0) is 14.2. The molecule has 0 aromatic carbocycles. The van der Waals surface area contributed by atoms with Crippen molar-refractivity contribution in [1.29, 1.82) is 0 Å². The van der Waals surface area contributed by atoms with E-state index >= 15 is 0 Å². The summed E-state index contributed by atoms with van der Waals surface area (Å²) in [6.45, 7) is -3.13. The second-order valence-corrected chi connectivity index (χ2v) is 3.13. The van der Waals surface area contributed by atoms with Crippen LogP contribution >= 0.6 is 0 Å². The van der Waals surface area contributed by atoms with Crippen molar-refractivity contribution in [3.63, 3.8) is 0 Å². The van der Waals surface area contributed by atoms with E-state index in [0.717, 1.165) is 0 Å². The minimum absolute atomic E-state index is 0.475. The molecule has 0 aliphatic carbocycles. The molecule has 0 rings (SSSR count). The smallest absolute Gasteiger partial charge is 0.340 e. The number of ether oxygens (including phenoxy) is 2. The topological polar surface area (TPSA) is 52.6 Å². The minimum atomic E-state index is -4.43. The fraction of sp³-hybridized carbons (Fsp3) is 0.778. The molecule has 0 heterocycles. The first-order valence-electron chi connectivity index (χ1n) is 4.82. The fourth-order valence-corrected chi connectivity index (χ4v) is 0.741. The summed E-state index contributed by atoms with van der Waals surface area (Å²) >= 11 is 0. The molecule has 0 atom stereocenters. The molecule has 18 heavy (non-hydrogen) atoms. The molecule has 106 valence electrons. The Balaban J connectivity index is 3.82. The molecule has 0 spiro atoms. The quantitative estimate of drug-likeness (QED) is 0.501. The van der Waals surface area contributed by atoms with Crippen LogP contribution in [0.2, 0.25) is 0 Å². The van der Waals surface area contributed by atoms with Crippen molar-refractivity contribution in [3.05, 3.63) is 0 Å². The molecule has 0 saturated carbocycles. The number of hydrogen-bond acceptors (Lipinski definition) is 4. The molecule has 0 aromatic rings. The molecule has 0 radical (unpaired) electrons. The van der Waals surface area contributed by atoms with Gasteiger partial charge in [0, 0.05) is 0 Å². The third kappa shape index (κ3) is 7.02. The van der Waals surface area contributed by atoms with Crippen molar-refractivity contribution >= 4 is 11.9 Å². The number of halogens is 5. The molecular formula is C9H11F5O4. The van der Waals surface area contributed by atoms with E-state index < -0.39 is 57.0 Å². The highest BCUT2D eigenvalue weighted by atomic mass is 19.3. The molecule has 4 nitrogen and oxygen atoms in total. The Kier molecular flexibility index (Phi) is 7.21. The summed E-state index contributed by atoms with van der Waals surface area (Å²) in [5.74, 6) is -6.58. The number of hydrogen-bond donors (Lipinski definition) is 0. The molecule has 0 N–H and O–H groups in total. The second-order valence-electron chi connectivity index (χ2n) is 3.13. The Bertz CT molecular complexity index is 282. The van der Waals surface area contributed by atoms with Crippen LogP contribution in [-0.4, -0.2) is 44.2 Å². The van der Waals surface area contributed by atoms with Crippen LogP contribution in [0.3, 0.4) is 0 Å². The van der Waals surface area contributed by atoms with Gasteiger partial charge in [-0.05, 0) is 0 Å². The third-order valence-electron chi connectivity index (χ3n) is 1.62. The van der Waals surface area contributed by atoms with Crippen LogP contribution in [0.4, 0.5) is 22.0 Å². The van der Waals surface area contributed by atoms with Gasteiger partial charge in [0.2, 0.25) is 0 Å². The lowest BCUT2D eigenvalue weighted by atomic mass is 10.3. The maximum atomic E-state index is 12.3. The first kappa shape index (κ1) is 16.6. The summed E-state index contributed by atoms with van der Waals surface area (Å²) in [6, 6.07) is 0. The third-order valence-corrected chi connectivity index (χ3v) is 1.62. The Morgan fingerprint density at radius 1 is 1.06 bits per heavy atom. The van der Waals surface area contributed by atoms with Gasteiger partial charge in [-0.1, -0.05) is 0 Å². The van der Waals surface area contributed by atoms with Crippen LogP contribution in [0.25, 0.3) is 0 Å². The normalized spacial score (nSPS) is 11.4. The predicted octanol–water partition coefficient (Wildman–Crippen LogP) is 1.72. The first-order chi connectivity index (χ1) is 8.29. The molecule has 0 saturated heterocycles. The van der Waals surface area contributed by atoms with Gasteiger partial charge in [-0.2, -0.15) is 8.78 Å². The number of rotatable bonds is 8. The lowest BCUT2D eigenvalue weighted by molar-refractivity contribution is -0.180. The van der Waals surface area contributed by atoms with E-state index in [2.05, 4.69) is 9.47 Å². The van der Waals surface area contributed by atoms with Gasteiger partial charge in [0.15, 0.2) is 6.61 Å². The molecule has 0 amide bonds. The zero-order valence-electron chi connectivity index (χ0n) is 9.14. The highest BCUT2D eigenvalue weighted by molar-refractivity contribution is 5.77. The van der Waals surface area contributed by atoms with Gasteiger partial charge in [0.05, 0.1) is 12.8 Å². The van der Waals surface area contributed by atoms with Crippen molar-refractivity contribution < 1.29 is 41.0 Å². The largest absolute Gasteiger partial charge is 0.463 e. The minimum Gasteiger partial charge on any atom is -0.463 e. The molecular weight excluding hydrogens is 267 g/mol. The van der Waals surface area contributed by atoms with E-state index in [1.165, 1.54) is 0 Å². The predicted molar refractivity (Wildman–Crippen MR) is 48.1 cm³/mol. The molecule has 0 unspecified atom stereocenters. The fourth-order valence-electron chi connectivity index (χ4n) is 0.741. The van der Waals surface area contributed by atoms with Gasteiger partial charge in [-0.15, -0.1) is 0 Å². The van der Waals surface area contributed by atoms with Crippen LogP contribution in [-0.2, 0) is 19.1 Å². The van der Waals surface area contributed by atoms with Gasteiger partial charge in [0.1, 0.15) is 13.3 Å². The van der Waals surface area contributed by atoms with Gasteiger partial charge in [-0.25, -0.2) is 13.2 Å². The van der Waals surface area contributed by atoms with Crippen LogP contribution < -0.4 is 0 Å². The molecule has 0 aromatic heterocycles. The Morgan fingerprint density at radius 2 is 1.56 bits per heavy atom. The molecule has 9 heteroatoms. The zero-order valence-corrected chi connectivity index (χ0v) is 9.14. The van der Waals surface area contributed by atoms with E-state index in [1.54, 1.807) is 0 Å². The summed E-state index contributed by atoms with van der Waals surface area (Å²) in [6.07, 6.45) is -5.05. The van der Waals surface area contributed by atoms with Crippen molar-refractivity contribution in [3.8, 4) is 0 Å². The summed E-state index contributed by atoms with van der Waals surface area (Å²) in [5.41, 5.74) is 0. The number of alkyl halides is 5. The summed E-state index contributed by atoms with van der Waals surface area (Å²) in [7, 11) is 0. The van der Waals surface area contributed by atoms with E-state index in [-0.39, 0.29) is 0 Å². The Hall–Kier alpha value is -1.41. The van der Waals surface area contributed by atoms with Crippen LogP contribution in [0.1, 0.15) is 12.8 Å². The Morgan fingerprint density at radius 3 is 2.00 bits per heavy atom. The SMILES string of the molecule is O=C(CCC(=O)OCC(F)(F)C(F)F)OCCF. The van der Waals surface area contributed by atoms with E-state index in [1.807, 2.05) is 0 Å². The lowest BCUT2D eigenvalue weighted by Crippen LogP contribution is -2.33. The highest BCUT2D eigenvalue weighted by Crippen LogP contribution is 2.23. The highest BCUT2D eigenvalue weighted by Gasteiger charge is 2.42. The van der Waals surface area contributed by atoms with E-state index in [0.29, 0.717) is 0 Å². The number of esters is 2. The molecule has 0 fully saturated rings. The van der Waals surface area contributed by atoms with Crippen LogP contribution in [0.15, 0.2) is 0 Å². The summed E-state index contributed by atoms with van der Waals surface area (Å²) in [4.78, 5) is 21.6. The Labute approximate surface area is 99.0 Å². The van der Waals surface area contributed by atoms with Crippen molar-refractivity contribution in [1.82, 2.24) is 0 Å². The molecule has 0 aliphatic rings. The second kappa shape index (κ2) is 7.83. The average molecular weight is 278 g/mol. The van der Waals surface area contributed by atoms with Crippen molar-refractivity contribution in [2.75, 3.05) is 19.9 Å². The standard InChI is InChI=1S/C9H11F5O4/c10-3-4-17-6(15)1-2-7(16)18-5-9(13,14)8(11)12/h8H,1-5H2. The van der Waals surface area contributed by atoms with Gasteiger partial charge < -0.3 is 9.47 Å². The molecule has 0 aliphatic heterocycles. The van der Waals surface area contributed by atoms with Gasteiger partial charge in [0.25, 0.3) is 0 Å². The van der Waals surface area contributed by atoms with Crippen molar-refractivity contribution in [2.45, 2.75) is 25.2 Å². The van der Waals surface area contributed by atoms with Crippen LogP contribution in [0, 0.1) is 0 Å². The maximum absolute atomic E-state index is 12.3. The van der Waals surface area contributed by atoms with Gasteiger partial charge >= 0.3 is 24.3 Å². The number of carbonyl (C=O) groups is 2. The summed E-state index contributed by atoms with van der Waals surface area (Å²) in [5, 5.41) is 0. The molecule has 0 bridgehead atoms.